The number of oxime groups is 1. The Hall–Kier alpha value is -1.83. The van der Waals surface area contributed by atoms with E-state index in [9.17, 15) is 4.79 Å². The summed E-state index contributed by atoms with van der Waals surface area (Å²) in [5, 5.41) is 11.0. The van der Waals surface area contributed by atoms with Crippen LogP contribution >= 0.6 is 11.6 Å². The number of nitrogens with zero attached hydrogens (tertiary/aromatic N) is 2. The van der Waals surface area contributed by atoms with Crippen LogP contribution in [0.15, 0.2) is 29.4 Å². The number of hydrogen-bond acceptors (Lipinski definition) is 6. The first-order chi connectivity index (χ1) is 13.1. The molecule has 4 rings (SSSR count). The molecule has 1 amide bonds. The minimum Gasteiger partial charge on any atom is -0.492 e. The minimum absolute atomic E-state index is 0.0803. The van der Waals surface area contributed by atoms with Gasteiger partial charge in [-0.2, -0.15) is 0 Å². The molecule has 3 heterocycles. The molecule has 7 nitrogen and oxygen atoms in total. The van der Waals surface area contributed by atoms with Crippen LogP contribution in [0.3, 0.4) is 0 Å². The maximum absolute atomic E-state index is 12.4. The van der Waals surface area contributed by atoms with Crippen molar-refractivity contribution in [3.8, 4) is 5.75 Å². The standard InChI is InChI=1S/C19H25ClN4O3/c20-14-1-3-16(4-2-14)26-10-9-24-7-5-15(6-8-24)22-18(25)17-11-19(27-23-17)12-21-13-19/h1-4,15,21H,5-13H2,(H,22,25). The van der Waals surface area contributed by atoms with E-state index in [-0.39, 0.29) is 17.6 Å². The van der Waals surface area contributed by atoms with Crippen molar-refractivity contribution in [2.45, 2.75) is 30.9 Å². The van der Waals surface area contributed by atoms with E-state index in [1.165, 1.54) is 0 Å². The smallest absolute Gasteiger partial charge is 0.269 e. The van der Waals surface area contributed by atoms with E-state index in [1.54, 1.807) is 0 Å². The van der Waals surface area contributed by atoms with Gasteiger partial charge in [0.25, 0.3) is 5.91 Å². The quantitative estimate of drug-likeness (QED) is 0.765. The van der Waals surface area contributed by atoms with Crippen LogP contribution in [0, 0.1) is 0 Å². The number of rotatable bonds is 6. The fourth-order valence-electron chi connectivity index (χ4n) is 3.63. The van der Waals surface area contributed by atoms with E-state index < -0.39 is 0 Å². The fourth-order valence-corrected chi connectivity index (χ4v) is 3.76. The van der Waals surface area contributed by atoms with E-state index in [2.05, 4.69) is 20.7 Å². The van der Waals surface area contributed by atoms with Crippen LogP contribution < -0.4 is 15.4 Å². The number of amides is 1. The Morgan fingerprint density at radius 1 is 1.33 bits per heavy atom. The second-order valence-corrected chi connectivity index (χ2v) is 7.92. The zero-order chi connectivity index (χ0) is 18.7. The largest absolute Gasteiger partial charge is 0.492 e. The third kappa shape index (κ3) is 4.54. The number of carbonyl (C=O) groups excluding carboxylic acids is 1. The van der Waals surface area contributed by atoms with E-state index in [1.807, 2.05) is 24.3 Å². The Bertz CT molecular complexity index is 697. The predicted octanol–water partition coefficient (Wildman–Crippen LogP) is 1.42. The molecular weight excluding hydrogens is 368 g/mol. The number of hydrogen-bond donors (Lipinski definition) is 2. The number of carbonyl (C=O) groups is 1. The summed E-state index contributed by atoms with van der Waals surface area (Å²) in [5.41, 5.74) is 0.260. The number of halogens is 1. The monoisotopic (exact) mass is 392 g/mol. The van der Waals surface area contributed by atoms with Gasteiger partial charge >= 0.3 is 0 Å². The number of ether oxygens (including phenoxy) is 1. The van der Waals surface area contributed by atoms with Crippen molar-refractivity contribution < 1.29 is 14.4 Å². The van der Waals surface area contributed by atoms with Gasteiger partial charge < -0.3 is 20.2 Å². The molecule has 146 valence electrons. The highest BCUT2D eigenvalue weighted by molar-refractivity contribution is 6.39. The first-order valence-electron chi connectivity index (χ1n) is 9.49. The third-order valence-electron chi connectivity index (χ3n) is 5.41. The Kier molecular flexibility index (Phi) is 5.52. The van der Waals surface area contributed by atoms with Crippen LogP contribution in [-0.4, -0.2) is 67.5 Å². The molecule has 3 aliphatic rings. The van der Waals surface area contributed by atoms with Crippen molar-refractivity contribution >= 4 is 23.2 Å². The maximum atomic E-state index is 12.4. The van der Waals surface area contributed by atoms with E-state index in [4.69, 9.17) is 21.2 Å². The van der Waals surface area contributed by atoms with Gasteiger partial charge in [0, 0.05) is 50.2 Å². The molecule has 0 bridgehead atoms. The van der Waals surface area contributed by atoms with E-state index in [0.717, 1.165) is 51.3 Å². The maximum Gasteiger partial charge on any atom is 0.269 e. The van der Waals surface area contributed by atoms with Crippen LogP contribution in [-0.2, 0) is 9.63 Å². The highest BCUT2D eigenvalue weighted by Gasteiger charge is 2.46. The lowest BCUT2D eigenvalue weighted by Gasteiger charge is -2.35. The molecule has 1 aromatic carbocycles. The van der Waals surface area contributed by atoms with E-state index in [0.29, 0.717) is 23.8 Å². The summed E-state index contributed by atoms with van der Waals surface area (Å²) >= 11 is 5.87. The second kappa shape index (κ2) is 8.04. The fraction of sp³-hybridized carbons (Fsp3) is 0.579. The Morgan fingerprint density at radius 2 is 2.07 bits per heavy atom. The molecule has 2 saturated heterocycles. The Morgan fingerprint density at radius 3 is 2.70 bits per heavy atom. The molecule has 27 heavy (non-hydrogen) atoms. The summed E-state index contributed by atoms with van der Waals surface area (Å²) in [4.78, 5) is 20.2. The second-order valence-electron chi connectivity index (χ2n) is 7.48. The predicted molar refractivity (Wildman–Crippen MR) is 103 cm³/mol. The normalized spacial score (nSPS) is 22.0. The molecule has 2 N–H and O–H groups in total. The highest BCUT2D eigenvalue weighted by Crippen LogP contribution is 2.27. The molecule has 1 aromatic rings. The zero-order valence-electron chi connectivity index (χ0n) is 15.2. The van der Waals surface area contributed by atoms with Crippen molar-refractivity contribution in [2.24, 2.45) is 5.16 Å². The zero-order valence-corrected chi connectivity index (χ0v) is 16.0. The SMILES string of the molecule is O=C(NC1CCN(CCOc2ccc(Cl)cc2)CC1)C1=NOC2(CNC2)C1. The van der Waals surface area contributed by atoms with Gasteiger partial charge in [0.2, 0.25) is 0 Å². The molecule has 0 unspecified atom stereocenters. The molecule has 0 atom stereocenters. The third-order valence-corrected chi connectivity index (χ3v) is 5.66. The van der Waals surface area contributed by atoms with Gasteiger partial charge in [-0.3, -0.25) is 9.69 Å². The van der Waals surface area contributed by atoms with E-state index >= 15 is 0 Å². The van der Waals surface area contributed by atoms with Crippen LogP contribution in [0.2, 0.25) is 5.02 Å². The van der Waals surface area contributed by atoms with Gasteiger partial charge in [-0.1, -0.05) is 16.8 Å². The summed E-state index contributed by atoms with van der Waals surface area (Å²) in [6.07, 6.45) is 2.48. The summed E-state index contributed by atoms with van der Waals surface area (Å²) in [7, 11) is 0. The summed E-state index contributed by atoms with van der Waals surface area (Å²) in [5.74, 6) is 0.754. The Balaban J connectivity index is 1.14. The van der Waals surface area contributed by atoms with Crippen LogP contribution in [0.4, 0.5) is 0 Å². The first-order valence-corrected chi connectivity index (χ1v) is 9.87. The molecule has 2 fully saturated rings. The average Bonchev–Trinajstić information content (AvgIpc) is 3.11. The van der Waals surface area contributed by atoms with Gasteiger partial charge in [0.1, 0.15) is 18.1 Å². The lowest BCUT2D eigenvalue weighted by atomic mass is 9.91. The molecule has 3 aliphatic heterocycles. The molecule has 0 saturated carbocycles. The number of piperidine rings is 1. The topological polar surface area (TPSA) is 75.2 Å². The van der Waals surface area contributed by atoms with Crippen molar-refractivity contribution in [1.82, 2.24) is 15.5 Å². The summed E-state index contributed by atoms with van der Waals surface area (Å²) in [6, 6.07) is 7.61. The molecular formula is C19H25ClN4O3. The lowest BCUT2D eigenvalue weighted by molar-refractivity contribution is -0.115. The van der Waals surface area contributed by atoms with Gasteiger partial charge in [0.15, 0.2) is 5.60 Å². The molecule has 0 radical (unpaired) electrons. The van der Waals surface area contributed by atoms with Crippen LogP contribution in [0.1, 0.15) is 19.3 Å². The van der Waals surface area contributed by atoms with Crippen molar-refractivity contribution in [1.29, 1.82) is 0 Å². The lowest BCUT2D eigenvalue weighted by Crippen LogP contribution is -2.60. The molecule has 0 aliphatic carbocycles. The van der Waals surface area contributed by atoms with Crippen molar-refractivity contribution in [3.05, 3.63) is 29.3 Å². The number of nitrogens with one attached hydrogen (secondary N) is 2. The molecule has 8 heteroatoms. The molecule has 1 spiro atoms. The van der Waals surface area contributed by atoms with Gasteiger partial charge in [-0.05, 0) is 37.1 Å². The minimum atomic E-state index is -0.264. The first kappa shape index (κ1) is 18.5. The highest BCUT2D eigenvalue weighted by atomic mass is 35.5. The summed E-state index contributed by atoms with van der Waals surface area (Å²) in [6.45, 7) is 4.95. The van der Waals surface area contributed by atoms with Crippen LogP contribution in [0.25, 0.3) is 0 Å². The average molecular weight is 393 g/mol. The number of likely N-dealkylation sites (tertiary alicyclic amines) is 1. The van der Waals surface area contributed by atoms with Crippen molar-refractivity contribution in [3.63, 3.8) is 0 Å². The van der Waals surface area contributed by atoms with Gasteiger partial charge in [-0.25, -0.2) is 0 Å². The summed E-state index contributed by atoms with van der Waals surface area (Å²) < 4.78 is 5.75. The Labute approximate surface area is 164 Å². The van der Waals surface area contributed by atoms with Gasteiger partial charge in [0.05, 0.1) is 0 Å². The van der Waals surface area contributed by atoms with Crippen LogP contribution in [0.5, 0.6) is 5.75 Å². The van der Waals surface area contributed by atoms with Crippen molar-refractivity contribution in [2.75, 3.05) is 39.3 Å². The molecule has 0 aromatic heterocycles. The van der Waals surface area contributed by atoms with Gasteiger partial charge in [-0.15, -0.1) is 0 Å². The number of benzene rings is 1.